The normalized spacial score (nSPS) is 14.5. The summed E-state index contributed by atoms with van der Waals surface area (Å²) in [5.74, 6) is 1.83. The summed E-state index contributed by atoms with van der Waals surface area (Å²) in [4.78, 5) is 5.13. The lowest BCUT2D eigenvalue weighted by Gasteiger charge is -2.10. The molecule has 0 fully saturated rings. The number of unbranched alkanes of at least 4 members (excludes halogenated alkanes) is 1. The Morgan fingerprint density at radius 2 is 2.06 bits per heavy atom. The molecule has 0 atom stereocenters. The van der Waals surface area contributed by atoms with E-state index in [9.17, 15) is 0 Å². The number of oxime groups is 1. The van der Waals surface area contributed by atoms with Gasteiger partial charge in [0.1, 0.15) is 11.5 Å². The molecule has 0 bridgehead atoms. The van der Waals surface area contributed by atoms with Gasteiger partial charge in [0.2, 0.25) is 0 Å². The molecular weight excluding hydrogens is 226 g/mol. The molecule has 1 heterocycles. The van der Waals surface area contributed by atoms with Gasteiger partial charge in [0.05, 0.1) is 12.3 Å². The summed E-state index contributed by atoms with van der Waals surface area (Å²) in [5.41, 5.74) is 1.13. The number of hydrogen-bond acceptors (Lipinski definition) is 3. The smallest absolute Gasteiger partial charge is 0.128 e. The zero-order valence-corrected chi connectivity index (χ0v) is 10.8. The van der Waals surface area contributed by atoms with Crippen molar-refractivity contribution in [1.29, 1.82) is 0 Å². The molecule has 1 aromatic rings. The van der Waals surface area contributed by atoms with Crippen LogP contribution in [0.15, 0.2) is 47.3 Å². The maximum absolute atomic E-state index is 5.63. The lowest BCUT2D eigenvalue weighted by Crippen LogP contribution is -2.04. The summed E-state index contributed by atoms with van der Waals surface area (Å²) in [5, 5.41) is 4.07. The predicted molar refractivity (Wildman–Crippen MR) is 72.7 cm³/mol. The molecule has 3 heteroatoms. The Labute approximate surface area is 108 Å². The van der Waals surface area contributed by atoms with E-state index in [0.717, 1.165) is 49.5 Å². The van der Waals surface area contributed by atoms with Crippen molar-refractivity contribution in [3.63, 3.8) is 0 Å². The molecule has 0 unspecified atom stereocenters. The SMILES string of the molecule is CC1=CCC(CCCCOc2ccccc2)=NO1. The molecule has 18 heavy (non-hydrogen) atoms. The fourth-order valence-electron chi connectivity index (χ4n) is 1.76. The first-order valence-electron chi connectivity index (χ1n) is 6.42. The third kappa shape index (κ3) is 4.24. The third-order valence-electron chi connectivity index (χ3n) is 2.82. The molecule has 1 aliphatic heterocycles. The zero-order valence-electron chi connectivity index (χ0n) is 10.8. The molecule has 0 aromatic heterocycles. The van der Waals surface area contributed by atoms with E-state index in [1.54, 1.807) is 0 Å². The highest BCUT2D eigenvalue weighted by atomic mass is 16.6. The van der Waals surface area contributed by atoms with Crippen molar-refractivity contribution in [3.8, 4) is 5.75 Å². The minimum Gasteiger partial charge on any atom is -0.494 e. The highest BCUT2D eigenvalue weighted by Crippen LogP contribution is 2.13. The van der Waals surface area contributed by atoms with Crippen molar-refractivity contribution in [1.82, 2.24) is 0 Å². The second-order valence-corrected chi connectivity index (χ2v) is 4.39. The Kier molecular flexibility index (Phi) is 4.82. The molecule has 0 saturated carbocycles. The van der Waals surface area contributed by atoms with Crippen LogP contribution in [0.3, 0.4) is 0 Å². The molecule has 0 aliphatic carbocycles. The second-order valence-electron chi connectivity index (χ2n) is 4.39. The van der Waals surface area contributed by atoms with Gasteiger partial charge in [0, 0.05) is 6.42 Å². The van der Waals surface area contributed by atoms with Gasteiger partial charge in [-0.1, -0.05) is 23.4 Å². The summed E-state index contributed by atoms with van der Waals surface area (Å²) in [6.45, 7) is 2.68. The predicted octanol–water partition coefficient (Wildman–Crippen LogP) is 3.92. The third-order valence-corrected chi connectivity index (χ3v) is 2.82. The first-order valence-corrected chi connectivity index (χ1v) is 6.42. The number of hydrogen-bond donors (Lipinski definition) is 0. The van der Waals surface area contributed by atoms with E-state index in [4.69, 9.17) is 9.57 Å². The fourth-order valence-corrected chi connectivity index (χ4v) is 1.76. The average molecular weight is 245 g/mol. The van der Waals surface area contributed by atoms with Crippen LogP contribution < -0.4 is 4.74 Å². The van der Waals surface area contributed by atoms with Gasteiger partial charge in [-0.2, -0.15) is 0 Å². The highest BCUT2D eigenvalue weighted by molar-refractivity contribution is 5.85. The van der Waals surface area contributed by atoms with E-state index in [0.29, 0.717) is 0 Å². The molecule has 0 saturated heterocycles. The molecule has 1 aromatic carbocycles. The van der Waals surface area contributed by atoms with Crippen LogP contribution in [0.4, 0.5) is 0 Å². The Bertz CT molecular complexity index is 423. The van der Waals surface area contributed by atoms with Crippen LogP contribution in [0.1, 0.15) is 32.6 Å². The van der Waals surface area contributed by atoms with E-state index in [1.807, 2.05) is 37.3 Å². The number of ether oxygens (including phenoxy) is 1. The molecule has 0 N–H and O–H groups in total. The van der Waals surface area contributed by atoms with E-state index >= 15 is 0 Å². The molecule has 1 aliphatic rings. The van der Waals surface area contributed by atoms with Crippen molar-refractivity contribution < 1.29 is 9.57 Å². The summed E-state index contributed by atoms with van der Waals surface area (Å²) in [7, 11) is 0. The molecule has 0 amide bonds. The zero-order chi connectivity index (χ0) is 12.6. The Balaban J connectivity index is 1.57. The quantitative estimate of drug-likeness (QED) is 0.711. The van der Waals surface area contributed by atoms with E-state index in [-0.39, 0.29) is 0 Å². The lowest BCUT2D eigenvalue weighted by atomic mass is 10.1. The standard InChI is InChI=1S/C15H19NO2/c1-13-10-11-14(16-18-13)7-5-6-12-17-15-8-3-2-4-9-15/h2-4,8-10H,5-7,11-12H2,1H3. The lowest BCUT2D eigenvalue weighted by molar-refractivity contribution is 0.221. The van der Waals surface area contributed by atoms with Crippen LogP contribution in [-0.4, -0.2) is 12.3 Å². The molecule has 0 spiro atoms. The van der Waals surface area contributed by atoms with Gasteiger partial charge in [-0.15, -0.1) is 0 Å². The van der Waals surface area contributed by atoms with E-state index < -0.39 is 0 Å². The average Bonchev–Trinajstić information content (AvgIpc) is 2.42. The van der Waals surface area contributed by atoms with Gasteiger partial charge in [-0.05, 0) is 44.4 Å². The van der Waals surface area contributed by atoms with Gasteiger partial charge in [-0.3, -0.25) is 0 Å². The van der Waals surface area contributed by atoms with Gasteiger partial charge in [-0.25, -0.2) is 0 Å². The van der Waals surface area contributed by atoms with Gasteiger partial charge < -0.3 is 9.57 Å². The van der Waals surface area contributed by atoms with Crippen molar-refractivity contribution >= 4 is 5.71 Å². The van der Waals surface area contributed by atoms with E-state index in [2.05, 4.69) is 11.2 Å². The Morgan fingerprint density at radius 1 is 1.22 bits per heavy atom. The minimum absolute atomic E-state index is 0.757. The topological polar surface area (TPSA) is 30.8 Å². The van der Waals surface area contributed by atoms with Crippen LogP contribution in [0.5, 0.6) is 5.75 Å². The molecule has 2 rings (SSSR count). The Morgan fingerprint density at radius 3 is 2.78 bits per heavy atom. The first kappa shape index (κ1) is 12.7. The van der Waals surface area contributed by atoms with Crippen LogP contribution >= 0.6 is 0 Å². The van der Waals surface area contributed by atoms with Gasteiger partial charge >= 0.3 is 0 Å². The summed E-state index contributed by atoms with van der Waals surface area (Å²) >= 11 is 0. The molecular formula is C15H19NO2. The summed E-state index contributed by atoms with van der Waals surface area (Å²) in [6, 6.07) is 9.92. The maximum Gasteiger partial charge on any atom is 0.128 e. The van der Waals surface area contributed by atoms with Crippen LogP contribution in [-0.2, 0) is 4.84 Å². The van der Waals surface area contributed by atoms with Crippen molar-refractivity contribution in [3.05, 3.63) is 42.2 Å². The van der Waals surface area contributed by atoms with Crippen LogP contribution in [0.25, 0.3) is 0 Å². The number of allylic oxidation sites excluding steroid dienone is 2. The second kappa shape index (κ2) is 6.84. The maximum atomic E-state index is 5.63. The molecule has 0 radical (unpaired) electrons. The minimum atomic E-state index is 0.757. The monoisotopic (exact) mass is 245 g/mol. The van der Waals surface area contributed by atoms with Crippen molar-refractivity contribution in [2.45, 2.75) is 32.6 Å². The fraction of sp³-hybridized carbons (Fsp3) is 0.400. The molecule has 3 nitrogen and oxygen atoms in total. The number of benzene rings is 1. The van der Waals surface area contributed by atoms with Crippen molar-refractivity contribution in [2.75, 3.05) is 6.61 Å². The largest absolute Gasteiger partial charge is 0.494 e. The number of rotatable bonds is 6. The van der Waals surface area contributed by atoms with Gasteiger partial charge in [0.25, 0.3) is 0 Å². The first-order chi connectivity index (χ1) is 8.84. The van der Waals surface area contributed by atoms with E-state index in [1.165, 1.54) is 0 Å². The number of nitrogens with zero attached hydrogens (tertiary/aromatic N) is 1. The van der Waals surface area contributed by atoms with Crippen molar-refractivity contribution in [2.24, 2.45) is 5.16 Å². The van der Waals surface area contributed by atoms with Crippen LogP contribution in [0, 0.1) is 0 Å². The Hall–Kier alpha value is -1.77. The highest BCUT2D eigenvalue weighted by Gasteiger charge is 2.05. The van der Waals surface area contributed by atoms with Gasteiger partial charge in [0.15, 0.2) is 0 Å². The number of para-hydroxylation sites is 1. The summed E-state index contributed by atoms with van der Waals surface area (Å²) < 4.78 is 5.63. The molecule has 96 valence electrons. The summed E-state index contributed by atoms with van der Waals surface area (Å²) in [6.07, 6.45) is 6.11. The van der Waals surface area contributed by atoms with Crippen LogP contribution in [0.2, 0.25) is 0 Å².